The van der Waals surface area contributed by atoms with Gasteiger partial charge in [-0.2, -0.15) is 9.64 Å². The highest BCUT2D eigenvalue weighted by Gasteiger charge is 2.26. The highest BCUT2D eigenvalue weighted by molar-refractivity contribution is 7.10. The lowest BCUT2D eigenvalue weighted by Crippen LogP contribution is -2.20. The molecule has 2 rings (SSSR count). The second-order valence-corrected chi connectivity index (χ2v) is 5.17. The van der Waals surface area contributed by atoms with Gasteiger partial charge in [-0.15, -0.1) is 0 Å². The van der Waals surface area contributed by atoms with Crippen LogP contribution in [0.15, 0.2) is 0 Å². The molecule has 92 valence electrons. The molecule has 1 fully saturated rings. The molecule has 0 aromatic carbocycles. The third-order valence-electron chi connectivity index (χ3n) is 3.41. The van der Waals surface area contributed by atoms with Crippen LogP contribution in [0.5, 0.6) is 0 Å². The number of nitriles is 1. The van der Waals surface area contributed by atoms with E-state index in [0.717, 1.165) is 24.4 Å². The second-order valence-electron chi connectivity index (χ2n) is 4.40. The Kier molecular flexibility index (Phi) is 3.82. The number of hydrogen-bond donors (Lipinski definition) is 3. The van der Waals surface area contributed by atoms with Crippen LogP contribution in [0.1, 0.15) is 24.8 Å². The molecule has 1 aromatic heterocycles. The Bertz CT molecular complexity index is 426. The van der Waals surface area contributed by atoms with Gasteiger partial charge in [0.1, 0.15) is 16.6 Å². The molecule has 4 N–H and O–H groups in total. The number of nitrogen functional groups attached to an aromatic ring is 1. The number of hydrogen-bond acceptors (Lipinski definition) is 6. The van der Waals surface area contributed by atoms with Crippen molar-refractivity contribution in [3.8, 4) is 6.07 Å². The van der Waals surface area contributed by atoms with Crippen molar-refractivity contribution in [1.29, 1.82) is 5.26 Å². The number of aliphatic hydroxyl groups is 1. The normalized spacial score (nSPS) is 23.5. The standard InChI is InChI=1S/C11H16N4OS/c12-4-9-10(13)15-17-11(9)14-5-7-2-1-3-8(7)6-16/h7-8,14,16H,1-3,5-6H2,(H2,13,15). The average molecular weight is 252 g/mol. The Morgan fingerprint density at radius 2 is 2.29 bits per heavy atom. The van der Waals surface area contributed by atoms with Gasteiger partial charge in [0.05, 0.1) is 0 Å². The lowest BCUT2D eigenvalue weighted by Gasteiger charge is -2.17. The van der Waals surface area contributed by atoms with E-state index in [1.807, 2.05) is 0 Å². The van der Waals surface area contributed by atoms with E-state index in [9.17, 15) is 5.11 Å². The van der Waals surface area contributed by atoms with E-state index >= 15 is 0 Å². The van der Waals surface area contributed by atoms with Gasteiger partial charge in [0.2, 0.25) is 0 Å². The molecule has 2 atom stereocenters. The summed E-state index contributed by atoms with van der Waals surface area (Å²) in [7, 11) is 0. The maximum atomic E-state index is 9.23. The zero-order chi connectivity index (χ0) is 12.3. The molecule has 1 saturated carbocycles. The number of aliphatic hydroxyl groups excluding tert-OH is 1. The Hall–Kier alpha value is -1.32. The van der Waals surface area contributed by atoms with Crippen LogP contribution >= 0.6 is 11.5 Å². The zero-order valence-electron chi connectivity index (χ0n) is 9.52. The molecule has 0 aliphatic heterocycles. The molecule has 1 heterocycles. The summed E-state index contributed by atoms with van der Waals surface area (Å²) in [5.74, 6) is 1.17. The number of rotatable bonds is 4. The predicted octanol–water partition coefficient (Wildman–Crippen LogP) is 1.42. The summed E-state index contributed by atoms with van der Waals surface area (Å²) in [6.07, 6.45) is 3.40. The van der Waals surface area contributed by atoms with Crippen molar-refractivity contribution in [2.75, 3.05) is 24.2 Å². The van der Waals surface area contributed by atoms with Gasteiger partial charge in [0.25, 0.3) is 0 Å². The maximum Gasteiger partial charge on any atom is 0.157 e. The lowest BCUT2D eigenvalue weighted by molar-refractivity contribution is 0.199. The third kappa shape index (κ3) is 2.51. The van der Waals surface area contributed by atoms with Gasteiger partial charge in [-0.05, 0) is 36.2 Å². The monoisotopic (exact) mass is 252 g/mol. The van der Waals surface area contributed by atoms with Crippen molar-refractivity contribution in [2.45, 2.75) is 19.3 Å². The van der Waals surface area contributed by atoms with Crippen molar-refractivity contribution in [1.82, 2.24) is 4.37 Å². The van der Waals surface area contributed by atoms with E-state index < -0.39 is 0 Å². The van der Waals surface area contributed by atoms with Crippen LogP contribution in [0.4, 0.5) is 10.8 Å². The summed E-state index contributed by atoms with van der Waals surface area (Å²) in [5.41, 5.74) is 6.02. The van der Waals surface area contributed by atoms with Gasteiger partial charge < -0.3 is 16.2 Å². The first-order chi connectivity index (χ1) is 8.26. The Morgan fingerprint density at radius 1 is 1.53 bits per heavy atom. The maximum absolute atomic E-state index is 9.23. The molecule has 0 amide bonds. The number of aromatic nitrogens is 1. The minimum atomic E-state index is 0.252. The quantitative estimate of drug-likeness (QED) is 0.753. The highest BCUT2D eigenvalue weighted by Crippen LogP contribution is 2.33. The summed E-state index contributed by atoms with van der Waals surface area (Å²) in [5, 5.41) is 22.1. The number of nitrogens with one attached hydrogen (secondary N) is 1. The molecule has 0 bridgehead atoms. The fraction of sp³-hybridized carbons (Fsp3) is 0.636. The molecule has 5 nitrogen and oxygen atoms in total. The molecule has 6 heteroatoms. The van der Waals surface area contributed by atoms with Gasteiger partial charge >= 0.3 is 0 Å². The lowest BCUT2D eigenvalue weighted by atomic mass is 9.97. The zero-order valence-corrected chi connectivity index (χ0v) is 10.3. The molecule has 17 heavy (non-hydrogen) atoms. The minimum Gasteiger partial charge on any atom is -0.396 e. The summed E-state index contributed by atoms with van der Waals surface area (Å²) >= 11 is 1.22. The predicted molar refractivity (Wildman–Crippen MR) is 67.6 cm³/mol. The van der Waals surface area contributed by atoms with E-state index in [4.69, 9.17) is 11.0 Å². The Morgan fingerprint density at radius 3 is 3.00 bits per heavy atom. The SMILES string of the molecule is N#Cc1c(N)nsc1NCC1CCCC1CO. The summed E-state index contributed by atoms with van der Waals surface area (Å²) in [6.45, 7) is 1.03. The molecule has 0 radical (unpaired) electrons. The van der Waals surface area contributed by atoms with E-state index in [0.29, 0.717) is 23.2 Å². The molecular weight excluding hydrogens is 236 g/mol. The van der Waals surface area contributed by atoms with E-state index in [2.05, 4.69) is 15.8 Å². The molecule has 0 saturated heterocycles. The minimum absolute atomic E-state index is 0.252. The first-order valence-electron chi connectivity index (χ1n) is 5.76. The molecule has 1 aromatic rings. The second kappa shape index (κ2) is 5.34. The van der Waals surface area contributed by atoms with E-state index in [1.54, 1.807) is 0 Å². The van der Waals surface area contributed by atoms with E-state index in [-0.39, 0.29) is 6.61 Å². The molecule has 0 spiro atoms. The first kappa shape index (κ1) is 12.1. The van der Waals surface area contributed by atoms with Crippen molar-refractivity contribution in [2.24, 2.45) is 11.8 Å². The molecule has 1 aliphatic carbocycles. The van der Waals surface area contributed by atoms with E-state index in [1.165, 1.54) is 18.0 Å². The van der Waals surface area contributed by atoms with Crippen LogP contribution in [0.2, 0.25) is 0 Å². The Balaban J connectivity index is 1.96. The van der Waals surface area contributed by atoms with Crippen molar-refractivity contribution in [3.05, 3.63) is 5.56 Å². The van der Waals surface area contributed by atoms with Gasteiger partial charge in [-0.25, -0.2) is 0 Å². The number of anilines is 2. The summed E-state index contributed by atoms with van der Waals surface area (Å²) < 4.78 is 3.96. The van der Waals surface area contributed by atoms with Crippen LogP contribution in [0.25, 0.3) is 0 Å². The highest BCUT2D eigenvalue weighted by atomic mass is 32.1. The fourth-order valence-electron chi connectivity index (χ4n) is 2.38. The Labute approximate surface area is 104 Å². The topological polar surface area (TPSA) is 95.0 Å². The van der Waals surface area contributed by atoms with Gasteiger partial charge in [0.15, 0.2) is 5.82 Å². The van der Waals surface area contributed by atoms with Crippen LogP contribution in [-0.2, 0) is 0 Å². The number of nitrogens with zero attached hydrogens (tertiary/aromatic N) is 2. The van der Waals surface area contributed by atoms with Crippen molar-refractivity contribution >= 4 is 22.4 Å². The van der Waals surface area contributed by atoms with Gasteiger partial charge in [0, 0.05) is 13.2 Å². The van der Waals surface area contributed by atoms with Crippen LogP contribution in [-0.4, -0.2) is 22.6 Å². The molecule has 2 unspecified atom stereocenters. The van der Waals surface area contributed by atoms with Crippen LogP contribution in [0.3, 0.4) is 0 Å². The fourth-order valence-corrected chi connectivity index (χ4v) is 3.05. The molecular formula is C11H16N4OS. The third-order valence-corrected chi connectivity index (χ3v) is 4.23. The van der Waals surface area contributed by atoms with Gasteiger partial charge in [-0.3, -0.25) is 0 Å². The summed E-state index contributed by atoms with van der Waals surface area (Å²) in [6, 6.07) is 2.06. The molecule has 1 aliphatic rings. The number of nitrogens with two attached hydrogens (primary N) is 1. The van der Waals surface area contributed by atoms with Gasteiger partial charge in [-0.1, -0.05) is 6.42 Å². The average Bonchev–Trinajstić information content (AvgIpc) is 2.92. The largest absolute Gasteiger partial charge is 0.396 e. The van der Waals surface area contributed by atoms with Crippen LogP contribution < -0.4 is 11.1 Å². The smallest absolute Gasteiger partial charge is 0.157 e. The van der Waals surface area contributed by atoms with Crippen LogP contribution in [0, 0.1) is 23.2 Å². The summed E-state index contributed by atoms with van der Waals surface area (Å²) in [4.78, 5) is 0. The first-order valence-corrected chi connectivity index (χ1v) is 6.53. The van der Waals surface area contributed by atoms with Crippen molar-refractivity contribution in [3.63, 3.8) is 0 Å². The van der Waals surface area contributed by atoms with Crippen molar-refractivity contribution < 1.29 is 5.11 Å².